The number of alkyl halides is 3. The van der Waals surface area contributed by atoms with Gasteiger partial charge >= 0.3 is 12.2 Å². The third kappa shape index (κ3) is 5.47. The molecule has 0 atom stereocenters. The van der Waals surface area contributed by atoms with Crippen molar-refractivity contribution in [2.45, 2.75) is 12.7 Å². The Bertz CT molecular complexity index is 886. The molecule has 30 heavy (non-hydrogen) atoms. The summed E-state index contributed by atoms with van der Waals surface area (Å²) in [5.41, 5.74) is -1.26. The number of halogens is 3. The molecule has 0 aliphatic carbocycles. The molecule has 3 rings (SSSR count). The first-order valence-electron chi connectivity index (χ1n) is 9.20. The lowest BCUT2D eigenvalue weighted by atomic mass is 10.1. The van der Waals surface area contributed by atoms with Crippen LogP contribution in [0.15, 0.2) is 24.3 Å². The number of para-hydroxylation sites is 1. The van der Waals surface area contributed by atoms with Crippen molar-refractivity contribution in [1.82, 2.24) is 20.3 Å². The van der Waals surface area contributed by atoms with E-state index in [1.807, 2.05) is 4.90 Å². The summed E-state index contributed by atoms with van der Waals surface area (Å²) in [6, 6.07) is 3.96. The van der Waals surface area contributed by atoms with E-state index in [9.17, 15) is 18.0 Å². The summed E-state index contributed by atoms with van der Waals surface area (Å²) in [5.74, 6) is 1.15. The van der Waals surface area contributed by atoms with Crippen LogP contribution in [0.25, 0.3) is 0 Å². The minimum atomic E-state index is -4.58. The average molecular weight is 425 g/mol. The van der Waals surface area contributed by atoms with Gasteiger partial charge in [0.1, 0.15) is 0 Å². The number of aromatic nitrogens is 3. The summed E-state index contributed by atoms with van der Waals surface area (Å²) in [7, 11) is 3.55. The number of ether oxygens (including phenoxy) is 1. The predicted molar refractivity (Wildman–Crippen MR) is 104 cm³/mol. The molecule has 1 aliphatic heterocycles. The summed E-state index contributed by atoms with van der Waals surface area (Å²) in [6.45, 7) is 2.27. The summed E-state index contributed by atoms with van der Waals surface area (Å²) in [4.78, 5) is 28.9. The van der Waals surface area contributed by atoms with E-state index in [4.69, 9.17) is 4.74 Å². The van der Waals surface area contributed by atoms with Gasteiger partial charge in [0.15, 0.2) is 5.82 Å². The fraction of sp³-hybridized carbons (Fsp3) is 0.444. The number of hydrogen-bond acceptors (Lipinski definition) is 7. The van der Waals surface area contributed by atoms with Crippen LogP contribution in [-0.2, 0) is 17.5 Å². The van der Waals surface area contributed by atoms with Gasteiger partial charge in [-0.2, -0.15) is 28.1 Å². The van der Waals surface area contributed by atoms with Crippen LogP contribution < -0.4 is 20.4 Å². The van der Waals surface area contributed by atoms with Crippen molar-refractivity contribution >= 4 is 23.6 Å². The molecular weight excluding hydrogens is 403 g/mol. The maximum Gasteiger partial charge on any atom is 0.418 e. The lowest BCUT2D eigenvalue weighted by Gasteiger charge is -2.27. The number of nitrogens with zero attached hydrogens (tertiary/aromatic N) is 5. The lowest BCUT2D eigenvalue weighted by Crippen LogP contribution is -2.38. The summed E-state index contributed by atoms with van der Waals surface area (Å²) in [6.07, 6.45) is -4.58. The second kappa shape index (κ2) is 9.11. The molecule has 0 radical (unpaired) electrons. The topological polar surface area (TPSA) is 95.5 Å². The van der Waals surface area contributed by atoms with Crippen LogP contribution >= 0.6 is 0 Å². The van der Waals surface area contributed by atoms with E-state index in [2.05, 4.69) is 25.6 Å². The molecule has 2 heterocycles. The van der Waals surface area contributed by atoms with Gasteiger partial charge in [-0.25, -0.2) is 4.79 Å². The highest BCUT2D eigenvalue weighted by Gasteiger charge is 2.33. The van der Waals surface area contributed by atoms with Crippen molar-refractivity contribution in [2.24, 2.45) is 0 Å². The zero-order chi connectivity index (χ0) is 21.7. The highest BCUT2D eigenvalue weighted by molar-refractivity contribution is 5.90. The molecule has 2 aromatic rings. The molecular formula is C18H22F3N7O2. The molecule has 12 heteroatoms. The Morgan fingerprint density at radius 3 is 2.53 bits per heavy atom. The predicted octanol–water partition coefficient (Wildman–Crippen LogP) is 2.11. The Balaban J connectivity index is 1.71. The van der Waals surface area contributed by atoms with Gasteiger partial charge in [0.05, 0.1) is 31.0 Å². The number of anilines is 3. The molecule has 2 amide bonds. The number of morpholine rings is 1. The number of rotatable bonds is 5. The van der Waals surface area contributed by atoms with Crippen LogP contribution in [0.2, 0.25) is 0 Å². The smallest absolute Gasteiger partial charge is 0.378 e. The minimum Gasteiger partial charge on any atom is -0.378 e. The Morgan fingerprint density at radius 1 is 1.17 bits per heavy atom. The summed E-state index contributed by atoms with van der Waals surface area (Å²) in [5, 5.41) is 4.71. The summed E-state index contributed by atoms with van der Waals surface area (Å²) >= 11 is 0. The number of nitrogens with one attached hydrogen (secondary N) is 2. The number of amides is 2. The van der Waals surface area contributed by atoms with Gasteiger partial charge in [0.2, 0.25) is 11.9 Å². The fourth-order valence-corrected chi connectivity index (χ4v) is 2.74. The van der Waals surface area contributed by atoms with Crippen LogP contribution in [0.4, 0.5) is 35.5 Å². The van der Waals surface area contributed by atoms with Gasteiger partial charge in [-0.05, 0) is 12.1 Å². The van der Waals surface area contributed by atoms with Gasteiger partial charge in [-0.1, -0.05) is 12.1 Å². The van der Waals surface area contributed by atoms with Crippen molar-refractivity contribution in [1.29, 1.82) is 0 Å². The first kappa shape index (κ1) is 21.6. The maximum absolute atomic E-state index is 13.1. The van der Waals surface area contributed by atoms with E-state index < -0.39 is 17.8 Å². The Kier molecular flexibility index (Phi) is 6.55. The number of carbonyl (C=O) groups excluding carboxylic acids is 1. The van der Waals surface area contributed by atoms with E-state index >= 15 is 0 Å². The number of carbonyl (C=O) groups is 1. The monoisotopic (exact) mass is 425 g/mol. The molecule has 0 spiro atoms. The molecule has 1 aromatic carbocycles. The van der Waals surface area contributed by atoms with E-state index in [0.717, 1.165) is 6.07 Å². The highest BCUT2D eigenvalue weighted by atomic mass is 19.4. The lowest BCUT2D eigenvalue weighted by molar-refractivity contribution is -0.136. The maximum atomic E-state index is 13.1. The third-order valence-corrected chi connectivity index (χ3v) is 4.24. The molecule has 0 saturated carbocycles. The van der Waals surface area contributed by atoms with Crippen molar-refractivity contribution in [3.63, 3.8) is 0 Å². The summed E-state index contributed by atoms with van der Waals surface area (Å²) < 4.78 is 44.6. The standard InChI is InChI=1S/C18H22F3N7O2/c1-27(2)15-24-14(25-16(26-15)28-7-9-30-10-8-28)11-22-17(29)23-13-6-4-3-5-12(13)18(19,20)21/h3-6H,7-11H2,1-2H3,(H2,22,23,29). The first-order chi connectivity index (χ1) is 14.2. The van der Waals surface area contributed by atoms with E-state index in [-0.39, 0.29) is 18.1 Å². The molecule has 0 unspecified atom stereocenters. The van der Waals surface area contributed by atoms with E-state index in [0.29, 0.717) is 38.2 Å². The van der Waals surface area contributed by atoms with Gasteiger partial charge in [-0.3, -0.25) is 0 Å². The second-order valence-corrected chi connectivity index (χ2v) is 6.70. The third-order valence-electron chi connectivity index (χ3n) is 4.24. The van der Waals surface area contributed by atoms with E-state index in [1.165, 1.54) is 18.2 Å². The number of benzene rings is 1. The fourth-order valence-electron chi connectivity index (χ4n) is 2.74. The molecule has 0 bridgehead atoms. The van der Waals surface area contributed by atoms with Crippen molar-refractivity contribution in [2.75, 3.05) is 55.5 Å². The second-order valence-electron chi connectivity index (χ2n) is 6.70. The van der Waals surface area contributed by atoms with Crippen LogP contribution in [0, 0.1) is 0 Å². The van der Waals surface area contributed by atoms with Gasteiger partial charge in [0.25, 0.3) is 0 Å². The normalized spacial score (nSPS) is 14.4. The molecule has 1 fully saturated rings. The first-order valence-corrected chi connectivity index (χ1v) is 9.20. The van der Waals surface area contributed by atoms with Crippen molar-refractivity contribution < 1.29 is 22.7 Å². The van der Waals surface area contributed by atoms with Crippen LogP contribution in [0.3, 0.4) is 0 Å². The highest BCUT2D eigenvalue weighted by Crippen LogP contribution is 2.34. The quantitative estimate of drug-likeness (QED) is 0.758. The largest absolute Gasteiger partial charge is 0.418 e. The number of hydrogen-bond donors (Lipinski definition) is 2. The Hall–Kier alpha value is -3.15. The molecule has 2 N–H and O–H groups in total. The molecule has 9 nitrogen and oxygen atoms in total. The van der Waals surface area contributed by atoms with Crippen molar-refractivity contribution in [3.05, 3.63) is 35.7 Å². The van der Waals surface area contributed by atoms with Crippen LogP contribution in [0.1, 0.15) is 11.4 Å². The van der Waals surface area contributed by atoms with Crippen LogP contribution in [-0.4, -0.2) is 61.4 Å². The SMILES string of the molecule is CN(C)c1nc(CNC(=O)Nc2ccccc2C(F)(F)F)nc(N2CCOCC2)n1. The van der Waals surface area contributed by atoms with Crippen molar-refractivity contribution in [3.8, 4) is 0 Å². The Labute approximate surface area is 171 Å². The molecule has 1 aromatic heterocycles. The number of urea groups is 1. The molecule has 162 valence electrons. The van der Waals surface area contributed by atoms with E-state index in [1.54, 1.807) is 19.0 Å². The van der Waals surface area contributed by atoms with Crippen LogP contribution in [0.5, 0.6) is 0 Å². The zero-order valence-electron chi connectivity index (χ0n) is 16.5. The minimum absolute atomic E-state index is 0.0826. The zero-order valence-corrected chi connectivity index (χ0v) is 16.5. The molecule has 1 aliphatic rings. The van der Waals surface area contributed by atoms with Gasteiger partial charge in [-0.15, -0.1) is 0 Å². The van der Waals surface area contributed by atoms with Gasteiger partial charge < -0.3 is 25.2 Å². The Morgan fingerprint density at radius 2 is 1.87 bits per heavy atom. The average Bonchev–Trinajstić information content (AvgIpc) is 2.72. The van der Waals surface area contributed by atoms with Gasteiger partial charge in [0, 0.05) is 27.2 Å². The molecule has 1 saturated heterocycles.